The van der Waals surface area contributed by atoms with Gasteiger partial charge in [0.25, 0.3) is 0 Å². The van der Waals surface area contributed by atoms with Gasteiger partial charge >= 0.3 is 0 Å². The van der Waals surface area contributed by atoms with Crippen molar-refractivity contribution in [2.45, 2.75) is 50.7 Å². The Kier molecular flexibility index (Phi) is 3.61. The van der Waals surface area contributed by atoms with E-state index in [1.807, 2.05) is 0 Å². The molecule has 3 unspecified atom stereocenters. The van der Waals surface area contributed by atoms with Gasteiger partial charge in [0.2, 0.25) is 0 Å². The van der Waals surface area contributed by atoms with E-state index in [2.05, 4.69) is 53.4 Å². The SMILES string of the molecule is CCC1CCC2(C1)CC(NC)c1ccc(Br)cc1O2. The molecular formula is C16H22BrNO. The van der Waals surface area contributed by atoms with Crippen molar-refractivity contribution in [3.8, 4) is 5.75 Å². The largest absolute Gasteiger partial charge is 0.487 e. The number of fused-ring (bicyclic) bond motifs is 1. The molecule has 0 radical (unpaired) electrons. The second-order valence-corrected chi connectivity index (χ2v) is 6.95. The topological polar surface area (TPSA) is 21.3 Å². The fraction of sp³-hybridized carbons (Fsp3) is 0.625. The molecular weight excluding hydrogens is 302 g/mol. The molecule has 1 aliphatic heterocycles. The first-order chi connectivity index (χ1) is 9.15. The van der Waals surface area contributed by atoms with Gasteiger partial charge in [0.05, 0.1) is 0 Å². The fourth-order valence-corrected chi connectivity index (χ4v) is 4.06. The summed E-state index contributed by atoms with van der Waals surface area (Å²) in [6.07, 6.45) is 6.12. The van der Waals surface area contributed by atoms with Crippen molar-refractivity contribution < 1.29 is 4.74 Å². The van der Waals surface area contributed by atoms with Crippen LogP contribution < -0.4 is 10.1 Å². The number of hydrogen-bond acceptors (Lipinski definition) is 2. The van der Waals surface area contributed by atoms with Crippen molar-refractivity contribution in [2.75, 3.05) is 7.05 Å². The maximum Gasteiger partial charge on any atom is 0.126 e. The van der Waals surface area contributed by atoms with Crippen LogP contribution in [0, 0.1) is 5.92 Å². The van der Waals surface area contributed by atoms with E-state index >= 15 is 0 Å². The van der Waals surface area contributed by atoms with Gasteiger partial charge in [-0.05, 0) is 44.4 Å². The minimum Gasteiger partial charge on any atom is -0.487 e. The monoisotopic (exact) mass is 323 g/mol. The van der Waals surface area contributed by atoms with Gasteiger partial charge in [0.15, 0.2) is 0 Å². The Morgan fingerprint density at radius 1 is 1.42 bits per heavy atom. The van der Waals surface area contributed by atoms with Crippen molar-refractivity contribution in [1.29, 1.82) is 0 Å². The summed E-state index contributed by atoms with van der Waals surface area (Å²) in [5, 5.41) is 3.47. The molecule has 1 aliphatic carbocycles. The molecule has 104 valence electrons. The predicted molar refractivity (Wildman–Crippen MR) is 81.6 cm³/mol. The van der Waals surface area contributed by atoms with Crippen LogP contribution in [0.2, 0.25) is 0 Å². The molecule has 0 bridgehead atoms. The number of ether oxygens (including phenoxy) is 1. The van der Waals surface area contributed by atoms with Crippen LogP contribution in [0.1, 0.15) is 50.6 Å². The van der Waals surface area contributed by atoms with E-state index in [1.54, 1.807) is 0 Å². The smallest absolute Gasteiger partial charge is 0.126 e. The maximum atomic E-state index is 6.46. The van der Waals surface area contributed by atoms with Crippen LogP contribution in [0.15, 0.2) is 22.7 Å². The third-order valence-corrected chi connectivity index (χ3v) is 5.34. The number of benzene rings is 1. The first kappa shape index (κ1) is 13.4. The summed E-state index contributed by atoms with van der Waals surface area (Å²) in [6, 6.07) is 6.83. The van der Waals surface area contributed by atoms with Crippen molar-refractivity contribution in [1.82, 2.24) is 5.32 Å². The van der Waals surface area contributed by atoms with E-state index in [0.29, 0.717) is 6.04 Å². The quantitative estimate of drug-likeness (QED) is 0.868. The molecule has 1 aromatic rings. The molecule has 3 atom stereocenters. The standard InChI is InChI=1S/C16H22BrNO/c1-3-11-6-7-16(9-11)10-14(18-2)13-5-4-12(17)8-15(13)19-16/h4-5,8,11,14,18H,3,6-7,9-10H2,1-2H3. The minimum atomic E-state index is 0.0716. The van der Waals surface area contributed by atoms with Crippen molar-refractivity contribution >= 4 is 15.9 Å². The summed E-state index contributed by atoms with van der Waals surface area (Å²) >= 11 is 3.55. The van der Waals surface area contributed by atoms with E-state index in [9.17, 15) is 0 Å². The second-order valence-electron chi connectivity index (χ2n) is 6.03. The molecule has 0 aromatic heterocycles. The third kappa shape index (κ3) is 2.43. The molecule has 1 spiro atoms. The second kappa shape index (κ2) is 5.10. The molecule has 3 heteroatoms. The van der Waals surface area contributed by atoms with Crippen LogP contribution in [0.3, 0.4) is 0 Å². The number of nitrogens with one attached hydrogen (secondary N) is 1. The summed E-state index contributed by atoms with van der Waals surface area (Å²) in [7, 11) is 2.06. The molecule has 1 fully saturated rings. The van der Waals surface area contributed by atoms with Crippen LogP contribution in [-0.4, -0.2) is 12.6 Å². The average molecular weight is 324 g/mol. The van der Waals surface area contributed by atoms with E-state index < -0.39 is 0 Å². The number of hydrogen-bond donors (Lipinski definition) is 1. The van der Waals surface area contributed by atoms with Crippen LogP contribution in [-0.2, 0) is 0 Å². The molecule has 0 saturated heterocycles. The lowest BCUT2D eigenvalue weighted by molar-refractivity contribution is 0.0338. The van der Waals surface area contributed by atoms with Gasteiger partial charge in [0, 0.05) is 22.5 Å². The lowest BCUT2D eigenvalue weighted by atomic mass is 9.85. The Bertz CT molecular complexity index is 476. The Morgan fingerprint density at radius 3 is 2.95 bits per heavy atom. The fourth-order valence-electron chi connectivity index (χ4n) is 3.72. The first-order valence-electron chi connectivity index (χ1n) is 7.31. The van der Waals surface area contributed by atoms with Gasteiger partial charge in [-0.25, -0.2) is 0 Å². The average Bonchev–Trinajstić information content (AvgIpc) is 2.80. The van der Waals surface area contributed by atoms with Gasteiger partial charge in [-0.3, -0.25) is 0 Å². The first-order valence-corrected chi connectivity index (χ1v) is 8.11. The molecule has 2 aliphatic rings. The Morgan fingerprint density at radius 2 is 2.26 bits per heavy atom. The number of halogens is 1. The van der Waals surface area contributed by atoms with Gasteiger partial charge in [-0.1, -0.05) is 35.3 Å². The lowest BCUT2D eigenvalue weighted by Crippen LogP contribution is -2.41. The molecule has 0 amide bonds. The highest BCUT2D eigenvalue weighted by molar-refractivity contribution is 9.10. The molecule has 1 heterocycles. The zero-order valence-electron chi connectivity index (χ0n) is 11.7. The predicted octanol–water partition coefficient (Wildman–Crippen LogP) is 4.44. The van der Waals surface area contributed by atoms with Crippen molar-refractivity contribution in [2.24, 2.45) is 5.92 Å². The van der Waals surface area contributed by atoms with Gasteiger partial charge in [0.1, 0.15) is 11.4 Å². The normalized spacial score (nSPS) is 33.2. The summed E-state index contributed by atoms with van der Waals surface area (Å²) in [5.41, 5.74) is 1.37. The van der Waals surface area contributed by atoms with Crippen LogP contribution in [0.5, 0.6) is 5.75 Å². The minimum absolute atomic E-state index is 0.0716. The molecule has 1 saturated carbocycles. The van der Waals surface area contributed by atoms with Crippen LogP contribution in [0.25, 0.3) is 0 Å². The van der Waals surface area contributed by atoms with E-state index in [0.717, 1.165) is 22.6 Å². The Balaban J connectivity index is 1.93. The molecule has 19 heavy (non-hydrogen) atoms. The van der Waals surface area contributed by atoms with Crippen molar-refractivity contribution in [3.05, 3.63) is 28.2 Å². The van der Waals surface area contributed by atoms with Gasteiger partial charge < -0.3 is 10.1 Å². The van der Waals surface area contributed by atoms with E-state index in [1.165, 1.54) is 31.2 Å². The molecule has 2 nitrogen and oxygen atoms in total. The zero-order chi connectivity index (χ0) is 13.5. The maximum absolute atomic E-state index is 6.46. The van der Waals surface area contributed by atoms with Crippen molar-refractivity contribution in [3.63, 3.8) is 0 Å². The lowest BCUT2D eigenvalue weighted by Gasteiger charge is -2.40. The number of rotatable bonds is 2. The molecule has 1 aromatic carbocycles. The highest BCUT2D eigenvalue weighted by atomic mass is 79.9. The van der Waals surface area contributed by atoms with Crippen LogP contribution >= 0.6 is 15.9 Å². The summed E-state index contributed by atoms with van der Waals surface area (Å²) in [4.78, 5) is 0. The Labute approximate surface area is 124 Å². The van der Waals surface area contributed by atoms with Gasteiger partial charge in [-0.15, -0.1) is 0 Å². The summed E-state index contributed by atoms with van der Waals surface area (Å²) in [5.74, 6) is 1.91. The van der Waals surface area contributed by atoms with Gasteiger partial charge in [-0.2, -0.15) is 0 Å². The van der Waals surface area contributed by atoms with Crippen LogP contribution in [0.4, 0.5) is 0 Å². The highest BCUT2D eigenvalue weighted by Crippen LogP contribution is 2.49. The highest BCUT2D eigenvalue weighted by Gasteiger charge is 2.45. The summed E-state index contributed by atoms with van der Waals surface area (Å²) < 4.78 is 7.56. The van der Waals surface area contributed by atoms with E-state index in [4.69, 9.17) is 4.74 Å². The van der Waals surface area contributed by atoms with E-state index in [-0.39, 0.29) is 5.60 Å². The Hall–Kier alpha value is -0.540. The zero-order valence-corrected chi connectivity index (χ0v) is 13.3. The molecule has 1 N–H and O–H groups in total. The third-order valence-electron chi connectivity index (χ3n) is 4.85. The molecule has 3 rings (SSSR count). The summed E-state index contributed by atoms with van der Waals surface area (Å²) in [6.45, 7) is 2.30.